The predicted molar refractivity (Wildman–Crippen MR) is 70.3 cm³/mol. The first-order valence-corrected chi connectivity index (χ1v) is 7.02. The summed E-state index contributed by atoms with van der Waals surface area (Å²) in [5.41, 5.74) is 0.922. The zero-order chi connectivity index (χ0) is 11.5. The van der Waals surface area contributed by atoms with Gasteiger partial charge >= 0.3 is 4.87 Å². The van der Waals surface area contributed by atoms with Crippen LogP contribution in [0.2, 0.25) is 0 Å². The van der Waals surface area contributed by atoms with Crippen LogP contribution in [0.15, 0.2) is 15.2 Å². The second kappa shape index (κ2) is 5.05. The molecule has 2 rings (SSSR count). The second-order valence-corrected chi connectivity index (χ2v) is 6.14. The van der Waals surface area contributed by atoms with Crippen LogP contribution >= 0.6 is 23.1 Å². The van der Waals surface area contributed by atoms with Gasteiger partial charge in [0, 0.05) is 16.3 Å². The Labute approximate surface area is 103 Å². The summed E-state index contributed by atoms with van der Waals surface area (Å²) in [5, 5.41) is 6.67. The van der Waals surface area contributed by atoms with Gasteiger partial charge in [0.15, 0.2) is 5.17 Å². The standard InChI is InChI=1S/C10H15N3OS2/c1-6(2)8-4-12-9(16-8)11-3-7-5-15-10(14)13-7/h5-6,8H,3-4H2,1-2H3,(H,11,12)(H,13,14). The van der Waals surface area contributed by atoms with Crippen LogP contribution in [0, 0.1) is 5.92 Å². The molecule has 16 heavy (non-hydrogen) atoms. The van der Waals surface area contributed by atoms with Crippen LogP contribution in [-0.4, -0.2) is 21.9 Å². The van der Waals surface area contributed by atoms with Crippen molar-refractivity contribution in [1.29, 1.82) is 0 Å². The van der Waals surface area contributed by atoms with Gasteiger partial charge < -0.3 is 10.3 Å². The minimum atomic E-state index is -0.00197. The third-order valence-electron chi connectivity index (χ3n) is 2.42. The molecular formula is C10H15N3OS2. The number of thiazole rings is 1. The Morgan fingerprint density at radius 2 is 2.50 bits per heavy atom. The van der Waals surface area contributed by atoms with Crippen LogP contribution in [0.4, 0.5) is 0 Å². The first-order valence-electron chi connectivity index (χ1n) is 5.27. The lowest BCUT2D eigenvalue weighted by Gasteiger charge is -2.11. The number of nitrogens with zero attached hydrogens (tertiary/aromatic N) is 1. The van der Waals surface area contributed by atoms with Crippen molar-refractivity contribution >= 4 is 28.3 Å². The fourth-order valence-electron chi connectivity index (χ4n) is 1.41. The van der Waals surface area contributed by atoms with Gasteiger partial charge in [0.1, 0.15) is 0 Å². The molecule has 0 radical (unpaired) electrons. The zero-order valence-electron chi connectivity index (χ0n) is 9.32. The van der Waals surface area contributed by atoms with Crippen molar-refractivity contribution < 1.29 is 0 Å². The molecule has 1 aromatic heterocycles. The summed E-state index contributed by atoms with van der Waals surface area (Å²) in [7, 11) is 0. The summed E-state index contributed by atoms with van der Waals surface area (Å²) >= 11 is 2.99. The van der Waals surface area contributed by atoms with Gasteiger partial charge in [-0.05, 0) is 5.92 Å². The van der Waals surface area contributed by atoms with Crippen molar-refractivity contribution in [2.45, 2.75) is 25.6 Å². The van der Waals surface area contributed by atoms with Gasteiger partial charge in [-0.2, -0.15) is 0 Å². The molecule has 88 valence electrons. The molecule has 0 fully saturated rings. The molecular weight excluding hydrogens is 242 g/mol. The summed E-state index contributed by atoms with van der Waals surface area (Å²) < 4.78 is 0. The average molecular weight is 257 g/mol. The summed E-state index contributed by atoms with van der Waals surface area (Å²) in [5.74, 6) is 0.647. The summed E-state index contributed by atoms with van der Waals surface area (Å²) in [4.78, 5) is 18.1. The largest absolute Gasteiger partial charge is 0.359 e. The van der Waals surface area contributed by atoms with Gasteiger partial charge in [0.25, 0.3) is 0 Å². The molecule has 1 aliphatic heterocycles. The van der Waals surface area contributed by atoms with E-state index in [2.05, 4.69) is 29.1 Å². The number of hydrogen-bond acceptors (Lipinski definition) is 5. The Kier molecular flexibility index (Phi) is 3.70. The number of aliphatic imine (C=N–C) groups is 1. The smallest absolute Gasteiger partial charge is 0.304 e. The van der Waals surface area contributed by atoms with Crippen LogP contribution < -0.4 is 10.2 Å². The number of aromatic nitrogens is 1. The number of nitrogens with one attached hydrogen (secondary N) is 2. The molecule has 0 saturated carbocycles. The van der Waals surface area contributed by atoms with Crippen molar-refractivity contribution in [1.82, 2.24) is 10.3 Å². The van der Waals surface area contributed by atoms with E-state index >= 15 is 0 Å². The lowest BCUT2D eigenvalue weighted by atomic mass is 10.1. The number of H-pyrrole nitrogens is 1. The Balaban J connectivity index is 1.82. The Bertz CT molecular complexity index is 435. The van der Waals surface area contributed by atoms with E-state index < -0.39 is 0 Å². The molecule has 0 spiro atoms. The van der Waals surface area contributed by atoms with Crippen molar-refractivity contribution in [3.05, 3.63) is 20.7 Å². The van der Waals surface area contributed by atoms with Crippen molar-refractivity contribution in [3.8, 4) is 0 Å². The number of rotatable bonds is 3. The minimum absolute atomic E-state index is 0.00197. The molecule has 1 atom stereocenters. The third-order valence-corrected chi connectivity index (χ3v) is 4.63. The number of amidine groups is 1. The van der Waals surface area contributed by atoms with E-state index in [-0.39, 0.29) is 4.87 Å². The summed E-state index contributed by atoms with van der Waals surface area (Å²) in [6.07, 6.45) is 0. The Hall–Kier alpha value is -0.750. The maximum Gasteiger partial charge on any atom is 0.304 e. The molecule has 2 heterocycles. The highest BCUT2D eigenvalue weighted by Gasteiger charge is 2.22. The van der Waals surface area contributed by atoms with E-state index in [4.69, 9.17) is 0 Å². The van der Waals surface area contributed by atoms with Gasteiger partial charge in [-0.15, -0.1) is 0 Å². The number of thioether (sulfide) groups is 1. The summed E-state index contributed by atoms with van der Waals surface area (Å²) in [6, 6.07) is 0. The molecule has 6 heteroatoms. The van der Waals surface area contributed by atoms with Gasteiger partial charge in [-0.1, -0.05) is 36.9 Å². The first kappa shape index (κ1) is 11.7. The van der Waals surface area contributed by atoms with E-state index in [1.54, 1.807) is 11.8 Å². The molecule has 1 aromatic rings. The molecule has 2 N–H and O–H groups in total. The molecule has 0 saturated heterocycles. The van der Waals surface area contributed by atoms with Gasteiger partial charge in [0.05, 0.1) is 13.1 Å². The molecule has 1 aliphatic rings. The normalized spacial score (nSPS) is 20.2. The highest BCUT2D eigenvalue weighted by atomic mass is 32.2. The van der Waals surface area contributed by atoms with E-state index in [1.807, 2.05) is 5.38 Å². The minimum Gasteiger partial charge on any atom is -0.359 e. The number of aromatic amines is 1. The molecule has 0 bridgehead atoms. The average Bonchev–Trinajstić information content (AvgIpc) is 2.83. The molecule has 0 aliphatic carbocycles. The molecule has 1 unspecified atom stereocenters. The molecule has 0 aromatic carbocycles. The maximum absolute atomic E-state index is 10.9. The van der Waals surface area contributed by atoms with E-state index in [9.17, 15) is 4.79 Å². The highest BCUT2D eigenvalue weighted by molar-refractivity contribution is 8.14. The van der Waals surface area contributed by atoms with Crippen LogP contribution in [-0.2, 0) is 6.54 Å². The van der Waals surface area contributed by atoms with Gasteiger partial charge in [-0.25, -0.2) is 0 Å². The lowest BCUT2D eigenvalue weighted by Crippen LogP contribution is -2.20. The predicted octanol–water partition coefficient (Wildman–Crippen LogP) is 1.65. The highest BCUT2D eigenvalue weighted by Crippen LogP contribution is 2.25. The van der Waals surface area contributed by atoms with Gasteiger partial charge in [0.2, 0.25) is 0 Å². The Morgan fingerprint density at radius 3 is 3.06 bits per heavy atom. The lowest BCUT2D eigenvalue weighted by molar-refractivity contribution is 0.621. The monoisotopic (exact) mass is 257 g/mol. The van der Waals surface area contributed by atoms with Crippen LogP contribution in [0.5, 0.6) is 0 Å². The summed E-state index contributed by atoms with van der Waals surface area (Å²) in [6.45, 7) is 5.97. The first-order chi connectivity index (χ1) is 7.65. The maximum atomic E-state index is 10.9. The van der Waals surface area contributed by atoms with Crippen LogP contribution in [0.25, 0.3) is 0 Å². The zero-order valence-corrected chi connectivity index (χ0v) is 11.0. The number of hydrogen-bond donors (Lipinski definition) is 2. The van der Waals surface area contributed by atoms with Crippen molar-refractivity contribution in [2.24, 2.45) is 10.9 Å². The fraction of sp³-hybridized carbons (Fsp3) is 0.600. The Morgan fingerprint density at radius 1 is 1.69 bits per heavy atom. The van der Waals surface area contributed by atoms with E-state index in [1.165, 1.54) is 11.3 Å². The molecule has 0 amide bonds. The quantitative estimate of drug-likeness (QED) is 0.865. The fourth-order valence-corrected chi connectivity index (χ4v) is 3.00. The molecule has 4 nitrogen and oxygen atoms in total. The van der Waals surface area contributed by atoms with Crippen LogP contribution in [0.1, 0.15) is 19.5 Å². The van der Waals surface area contributed by atoms with Crippen LogP contribution in [0.3, 0.4) is 0 Å². The third kappa shape index (κ3) is 2.89. The van der Waals surface area contributed by atoms with Gasteiger partial charge in [-0.3, -0.25) is 9.79 Å². The van der Waals surface area contributed by atoms with E-state index in [0.717, 1.165) is 17.4 Å². The second-order valence-electron chi connectivity index (χ2n) is 4.07. The topological polar surface area (TPSA) is 57.2 Å². The van der Waals surface area contributed by atoms with Crippen molar-refractivity contribution in [2.75, 3.05) is 6.54 Å². The van der Waals surface area contributed by atoms with E-state index in [0.29, 0.717) is 17.7 Å². The van der Waals surface area contributed by atoms with Crippen molar-refractivity contribution in [3.63, 3.8) is 0 Å². The SMILES string of the molecule is CC(C)C1CN=C(NCc2csc(=O)[nH]2)S1.